The zero-order chi connectivity index (χ0) is 15.3. The van der Waals surface area contributed by atoms with Crippen molar-refractivity contribution in [1.82, 2.24) is 10.2 Å². The lowest BCUT2D eigenvalue weighted by Crippen LogP contribution is -2.40. The lowest BCUT2D eigenvalue weighted by atomic mass is 10.1. The van der Waals surface area contributed by atoms with Gasteiger partial charge in [0.1, 0.15) is 0 Å². The molecule has 1 atom stereocenters. The highest BCUT2D eigenvalue weighted by atomic mass is 32.2. The molecule has 0 aliphatic heterocycles. The van der Waals surface area contributed by atoms with E-state index in [2.05, 4.69) is 5.32 Å². The summed E-state index contributed by atoms with van der Waals surface area (Å²) >= 11 is 0. The van der Waals surface area contributed by atoms with Gasteiger partial charge in [-0.15, -0.1) is 0 Å². The first-order valence-corrected chi connectivity index (χ1v) is 8.02. The van der Waals surface area contributed by atoms with Crippen LogP contribution in [0, 0.1) is 0 Å². The van der Waals surface area contributed by atoms with Gasteiger partial charge in [-0.05, 0) is 38.5 Å². The van der Waals surface area contributed by atoms with Gasteiger partial charge in [0.05, 0.1) is 10.9 Å². The number of hydrogen-bond acceptors (Lipinski definition) is 3. The zero-order valence-electron chi connectivity index (χ0n) is 12.0. The number of benzene rings is 1. The standard InChI is InChI=1S/C13H21N3O3S/c1-4-16(5-2)13(17)15-10(3)11-6-8-12(9-7-11)20(14,18)19/h6-10H,4-5H2,1-3H3,(H,15,17)(H2,14,18,19)/t10-/m0/s1. The molecule has 0 aromatic heterocycles. The number of carbonyl (C=O) groups is 1. The predicted molar refractivity (Wildman–Crippen MR) is 77.7 cm³/mol. The number of carbonyl (C=O) groups excluding carboxylic acids is 1. The molecule has 0 aliphatic carbocycles. The molecule has 0 heterocycles. The summed E-state index contributed by atoms with van der Waals surface area (Å²) in [6, 6.07) is 5.81. The Morgan fingerprint density at radius 1 is 1.25 bits per heavy atom. The second kappa shape index (κ2) is 6.71. The van der Waals surface area contributed by atoms with Crippen LogP contribution in [0.4, 0.5) is 4.79 Å². The summed E-state index contributed by atoms with van der Waals surface area (Å²) in [6.45, 7) is 6.94. The summed E-state index contributed by atoms with van der Waals surface area (Å²) in [5, 5.41) is 7.90. The van der Waals surface area contributed by atoms with E-state index in [-0.39, 0.29) is 17.0 Å². The summed E-state index contributed by atoms with van der Waals surface area (Å²) in [5.41, 5.74) is 0.818. The monoisotopic (exact) mass is 299 g/mol. The summed E-state index contributed by atoms with van der Waals surface area (Å²) < 4.78 is 22.3. The van der Waals surface area contributed by atoms with E-state index in [9.17, 15) is 13.2 Å². The first-order chi connectivity index (χ1) is 9.29. The lowest BCUT2D eigenvalue weighted by molar-refractivity contribution is 0.200. The Morgan fingerprint density at radius 2 is 1.75 bits per heavy atom. The van der Waals surface area contributed by atoms with Crippen molar-refractivity contribution in [3.8, 4) is 0 Å². The average Bonchev–Trinajstić information content (AvgIpc) is 2.39. The molecule has 0 unspecified atom stereocenters. The van der Waals surface area contributed by atoms with Crippen molar-refractivity contribution < 1.29 is 13.2 Å². The fraction of sp³-hybridized carbons (Fsp3) is 0.462. The van der Waals surface area contributed by atoms with Crippen LogP contribution in [0.5, 0.6) is 0 Å². The number of amides is 2. The van der Waals surface area contributed by atoms with Gasteiger partial charge in [0.25, 0.3) is 0 Å². The van der Waals surface area contributed by atoms with Crippen LogP contribution in [0.15, 0.2) is 29.2 Å². The molecule has 2 amide bonds. The van der Waals surface area contributed by atoms with Crippen LogP contribution in [-0.4, -0.2) is 32.4 Å². The molecule has 1 aromatic carbocycles. The van der Waals surface area contributed by atoms with E-state index in [1.807, 2.05) is 20.8 Å². The summed E-state index contributed by atoms with van der Waals surface area (Å²) in [6.07, 6.45) is 0. The van der Waals surface area contributed by atoms with Gasteiger partial charge in [0.15, 0.2) is 0 Å². The Labute approximate surface area is 120 Å². The lowest BCUT2D eigenvalue weighted by Gasteiger charge is -2.22. The summed E-state index contributed by atoms with van der Waals surface area (Å²) in [4.78, 5) is 13.6. The van der Waals surface area contributed by atoms with Gasteiger partial charge < -0.3 is 10.2 Å². The van der Waals surface area contributed by atoms with Gasteiger partial charge in [-0.1, -0.05) is 12.1 Å². The fourth-order valence-electron chi connectivity index (χ4n) is 1.82. The summed E-state index contributed by atoms with van der Waals surface area (Å²) in [7, 11) is -3.69. The van der Waals surface area contributed by atoms with Crippen LogP contribution in [0.3, 0.4) is 0 Å². The maximum Gasteiger partial charge on any atom is 0.317 e. The minimum Gasteiger partial charge on any atom is -0.331 e. The molecule has 1 rings (SSSR count). The van der Waals surface area contributed by atoms with Crippen LogP contribution in [0.1, 0.15) is 32.4 Å². The molecule has 0 spiro atoms. The van der Waals surface area contributed by atoms with E-state index in [0.29, 0.717) is 13.1 Å². The Morgan fingerprint density at radius 3 is 2.15 bits per heavy atom. The Balaban J connectivity index is 2.78. The highest BCUT2D eigenvalue weighted by molar-refractivity contribution is 7.89. The number of nitrogens with two attached hydrogens (primary N) is 1. The highest BCUT2D eigenvalue weighted by Crippen LogP contribution is 2.15. The molecule has 0 fully saturated rings. The Hall–Kier alpha value is -1.60. The van der Waals surface area contributed by atoms with E-state index in [0.717, 1.165) is 5.56 Å². The predicted octanol–water partition coefficient (Wildman–Crippen LogP) is 1.45. The van der Waals surface area contributed by atoms with Gasteiger partial charge >= 0.3 is 6.03 Å². The first kappa shape index (κ1) is 16.5. The van der Waals surface area contributed by atoms with Gasteiger partial charge in [-0.2, -0.15) is 0 Å². The molecule has 0 bridgehead atoms. The minimum atomic E-state index is -3.69. The van der Waals surface area contributed by atoms with Gasteiger partial charge in [0, 0.05) is 13.1 Å². The average molecular weight is 299 g/mol. The highest BCUT2D eigenvalue weighted by Gasteiger charge is 2.14. The number of nitrogens with one attached hydrogen (secondary N) is 1. The van der Waals surface area contributed by atoms with Crippen molar-refractivity contribution in [3.05, 3.63) is 29.8 Å². The number of hydrogen-bond donors (Lipinski definition) is 2. The quantitative estimate of drug-likeness (QED) is 0.861. The maximum absolute atomic E-state index is 11.9. The summed E-state index contributed by atoms with van der Waals surface area (Å²) in [5.74, 6) is 0. The van der Waals surface area contributed by atoms with Crippen molar-refractivity contribution in [3.63, 3.8) is 0 Å². The molecule has 0 saturated carbocycles. The second-order valence-electron chi connectivity index (χ2n) is 4.46. The van der Waals surface area contributed by atoms with E-state index in [1.165, 1.54) is 12.1 Å². The molecule has 20 heavy (non-hydrogen) atoms. The Bertz CT molecular complexity index is 551. The van der Waals surface area contributed by atoms with Crippen molar-refractivity contribution in [1.29, 1.82) is 0 Å². The number of urea groups is 1. The smallest absolute Gasteiger partial charge is 0.317 e. The SMILES string of the molecule is CCN(CC)C(=O)N[C@@H](C)c1ccc(S(N)(=O)=O)cc1. The molecule has 6 nitrogen and oxygen atoms in total. The van der Waals surface area contributed by atoms with Gasteiger partial charge in [-0.25, -0.2) is 18.4 Å². The zero-order valence-corrected chi connectivity index (χ0v) is 12.8. The minimum absolute atomic E-state index is 0.0588. The molecule has 3 N–H and O–H groups in total. The van der Waals surface area contributed by atoms with Crippen LogP contribution in [0.25, 0.3) is 0 Å². The first-order valence-electron chi connectivity index (χ1n) is 6.47. The van der Waals surface area contributed by atoms with Crippen molar-refractivity contribution >= 4 is 16.1 Å². The van der Waals surface area contributed by atoms with E-state index >= 15 is 0 Å². The van der Waals surface area contributed by atoms with Crippen LogP contribution < -0.4 is 10.5 Å². The van der Waals surface area contributed by atoms with Gasteiger partial charge in [0.2, 0.25) is 10.0 Å². The molecule has 0 aliphatic rings. The molecule has 0 radical (unpaired) electrons. The molecular weight excluding hydrogens is 278 g/mol. The van der Waals surface area contributed by atoms with Crippen molar-refractivity contribution in [2.24, 2.45) is 5.14 Å². The Kier molecular flexibility index (Phi) is 5.52. The van der Waals surface area contributed by atoms with E-state index in [1.54, 1.807) is 17.0 Å². The largest absolute Gasteiger partial charge is 0.331 e. The van der Waals surface area contributed by atoms with Crippen molar-refractivity contribution in [2.45, 2.75) is 31.7 Å². The van der Waals surface area contributed by atoms with Crippen LogP contribution in [-0.2, 0) is 10.0 Å². The van der Waals surface area contributed by atoms with Gasteiger partial charge in [-0.3, -0.25) is 0 Å². The molecule has 1 aromatic rings. The van der Waals surface area contributed by atoms with E-state index in [4.69, 9.17) is 5.14 Å². The van der Waals surface area contributed by atoms with E-state index < -0.39 is 10.0 Å². The number of sulfonamides is 1. The van der Waals surface area contributed by atoms with Crippen LogP contribution in [0.2, 0.25) is 0 Å². The second-order valence-corrected chi connectivity index (χ2v) is 6.02. The third-order valence-corrected chi connectivity index (χ3v) is 4.03. The third kappa shape index (κ3) is 4.21. The number of primary sulfonamides is 1. The fourth-order valence-corrected chi connectivity index (χ4v) is 2.33. The normalized spacial score (nSPS) is 12.8. The topological polar surface area (TPSA) is 92.5 Å². The third-order valence-electron chi connectivity index (χ3n) is 3.10. The number of nitrogens with zero attached hydrogens (tertiary/aromatic N) is 1. The van der Waals surface area contributed by atoms with Crippen LogP contribution >= 0.6 is 0 Å². The number of rotatable bonds is 5. The molecule has 7 heteroatoms. The van der Waals surface area contributed by atoms with Crippen molar-refractivity contribution in [2.75, 3.05) is 13.1 Å². The molecule has 0 saturated heterocycles. The molecular formula is C13H21N3O3S. The molecule has 112 valence electrons. The maximum atomic E-state index is 11.9.